The Bertz CT molecular complexity index is 791. The summed E-state index contributed by atoms with van der Waals surface area (Å²) in [6.45, 7) is 0.299. The van der Waals surface area contributed by atoms with Gasteiger partial charge in [-0.1, -0.05) is 32.4 Å². The molecule has 0 amide bonds. The molecule has 0 unspecified atom stereocenters. The lowest BCUT2D eigenvalue weighted by Gasteiger charge is -2.10. The molecule has 5 nitrogen and oxygen atoms in total. The fraction of sp³-hybridized carbons (Fsp3) is 0.143. The molecule has 7 heteroatoms. The maximum atomic E-state index is 5.98. The van der Waals surface area contributed by atoms with Crippen molar-refractivity contribution in [1.82, 2.24) is 15.2 Å². The van der Waals surface area contributed by atoms with Crippen molar-refractivity contribution in [1.29, 1.82) is 0 Å². The molecule has 21 heavy (non-hydrogen) atoms. The van der Waals surface area contributed by atoms with Gasteiger partial charge in [-0.05, 0) is 41.6 Å². The van der Waals surface area contributed by atoms with Gasteiger partial charge in [0.05, 0.1) is 7.11 Å². The van der Waals surface area contributed by atoms with Crippen LogP contribution < -0.4 is 9.57 Å². The molecule has 0 atom stereocenters. The van der Waals surface area contributed by atoms with E-state index in [1.165, 1.54) is 4.85 Å². The third-order valence-electron chi connectivity index (χ3n) is 2.96. The summed E-state index contributed by atoms with van der Waals surface area (Å²) in [4.78, 5) is 7.04. The average Bonchev–Trinajstić information content (AvgIpc) is 2.87. The van der Waals surface area contributed by atoms with Crippen LogP contribution >= 0.6 is 27.5 Å². The minimum absolute atomic E-state index is 0.299. The third kappa shape index (κ3) is 2.96. The van der Waals surface area contributed by atoms with Crippen LogP contribution in [0.4, 0.5) is 0 Å². The van der Waals surface area contributed by atoms with Crippen LogP contribution in [0, 0.1) is 0 Å². The summed E-state index contributed by atoms with van der Waals surface area (Å²) in [5.74, 6) is 0.751. The van der Waals surface area contributed by atoms with E-state index in [0.717, 1.165) is 26.8 Å². The fourth-order valence-corrected chi connectivity index (χ4v) is 2.53. The second kappa shape index (κ2) is 5.91. The van der Waals surface area contributed by atoms with E-state index in [2.05, 4.69) is 26.2 Å². The first-order valence-corrected chi connectivity index (χ1v) is 7.31. The molecule has 0 aliphatic heterocycles. The number of halogens is 2. The number of benzene rings is 2. The van der Waals surface area contributed by atoms with Crippen molar-refractivity contribution in [2.75, 3.05) is 7.11 Å². The first-order chi connectivity index (χ1) is 10.2. The van der Waals surface area contributed by atoms with Gasteiger partial charge >= 0.3 is 0 Å². The molecule has 0 radical (unpaired) electrons. The number of hydrogen-bond acceptors (Lipinski definition) is 4. The van der Waals surface area contributed by atoms with Gasteiger partial charge in [0.25, 0.3) is 0 Å². The molecular formula is C14H11BrClN3O2. The van der Waals surface area contributed by atoms with Crippen molar-refractivity contribution in [2.24, 2.45) is 0 Å². The average molecular weight is 369 g/mol. The van der Waals surface area contributed by atoms with Gasteiger partial charge in [0, 0.05) is 15.1 Å². The lowest BCUT2D eigenvalue weighted by Crippen LogP contribution is -2.13. The Hall–Kier alpha value is -1.79. The zero-order valence-electron chi connectivity index (χ0n) is 11.1. The van der Waals surface area contributed by atoms with E-state index in [1.54, 1.807) is 25.3 Å². The van der Waals surface area contributed by atoms with Crippen molar-refractivity contribution in [3.8, 4) is 5.75 Å². The Morgan fingerprint density at radius 3 is 2.90 bits per heavy atom. The molecular weight excluding hydrogens is 358 g/mol. The van der Waals surface area contributed by atoms with Crippen molar-refractivity contribution >= 4 is 38.6 Å². The van der Waals surface area contributed by atoms with E-state index in [4.69, 9.17) is 21.2 Å². The van der Waals surface area contributed by atoms with Crippen LogP contribution in [-0.2, 0) is 6.61 Å². The van der Waals surface area contributed by atoms with Gasteiger partial charge < -0.3 is 9.57 Å². The molecule has 0 aliphatic rings. The van der Waals surface area contributed by atoms with Crippen molar-refractivity contribution in [3.63, 3.8) is 0 Å². The van der Waals surface area contributed by atoms with E-state index in [1.807, 2.05) is 18.2 Å². The number of methoxy groups -OCH3 is 1. The van der Waals surface area contributed by atoms with Gasteiger partial charge in [-0.2, -0.15) is 0 Å². The zero-order valence-corrected chi connectivity index (χ0v) is 13.4. The maximum absolute atomic E-state index is 5.98. The minimum Gasteiger partial charge on any atom is -0.496 e. The molecule has 0 saturated heterocycles. The maximum Gasteiger partial charge on any atom is 0.145 e. The van der Waals surface area contributed by atoms with E-state index >= 15 is 0 Å². The number of hydrogen-bond donors (Lipinski definition) is 0. The lowest BCUT2D eigenvalue weighted by atomic mass is 10.2. The van der Waals surface area contributed by atoms with Crippen LogP contribution in [0.25, 0.3) is 11.0 Å². The summed E-state index contributed by atoms with van der Waals surface area (Å²) in [7, 11) is 1.62. The number of aromatic nitrogens is 3. The van der Waals surface area contributed by atoms with Crippen LogP contribution in [0.1, 0.15) is 5.56 Å². The van der Waals surface area contributed by atoms with Gasteiger partial charge in [-0.25, -0.2) is 0 Å². The monoisotopic (exact) mass is 367 g/mol. The van der Waals surface area contributed by atoms with Crippen LogP contribution in [0.2, 0.25) is 5.02 Å². The summed E-state index contributed by atoms with van der Waals surface area (Å²) >= 11 is 9.41. The molecule has 3 aromatic rings. The second-order valence-electron chi connectivity index (χ2n) is 4.33. The fourth-order valence-electron chi connectivity index (χ4n) is 1.96. The van der Waals surface area contributed by atoms with Crippen LogP contribution in [0.3, 0.4) is 0 Å². The normalized spacial score (nSPS) is 10.8. The third-order valence-corrected chi connectivity index (χ3v) is 3.69. The largest absolute Gasteiger partial charge is 0.496 e. The summed E-state index contributed by atoms with van der Waals surface area (Å²) in [5.41, 5.74) is 2.34. The predicted molar refractivity (Wildman–Crippen MR) is 83.5 cm³/mol. The first-order valence-electron chi connectivity index (χ1n) is 6.14. The molecule has 0 fully saturated rings. The topological polar surface area (TPSA) is 49.2 Å². The zero-order chi connectivity index (χ0) is 14.8. The molecule has 0 aliphatic carbocycles. The summed E-state index contributed by atoms with van der Waals surface area (Å²) in [5, 5.41) is 8.59. The highest BCUT2D eigenvalue weighted by Gasteiger charge is 2.09. The van der Waals surface area contributed by atoms with E-state index in [0.29, 0.717) is 11.6 Å². The summed E-state index contributed by atoms with van der Waals surface area (Å²) in [6, 6.07) is 11.0. The Morgan fingerprint density at radius 2 is 2.10 bits per heavy atom. The van der Waals surface area contributed by atoms with Crippen LogP contribution in [0.15, 0.2) is 40.9 Å². The summed E-state index contributed by atoms with van der Waals surface area (Å²) < 4.78 is 6.26. The molecule has 2 aromatic carbocycles. The molecule has 108 valence electrons. The van der Waals surface area contributed by atoms with Gasteiger partial charge in [-0.3, -0.25) is 0 Å². The highest BCUT2D eigenvalue weighted by Crippen LogP contribution is 2.23. The standard InChI is InChI=1S/C14H11BrClN3O2/c1-20-14-5-2-10(15)6-9(14)8-21-19-13-7-11(16)3-4-12(13)17-18-19/h2-7H,8H2,1H3. The number of rotatable bonds is 4. The van der Waals surface area contributed by atoms with E-state index in [9.17, 15) is 0 Å². The molecule has 1 heterocycles. The summed E-state index contributed by atoms with van der Waals surface area (Å²) in [6.07, 6.45) is 0. The Labute approximate surface area is 134 Å². The molecule has 1 aromatic heterocycles. The molecule has 0 saturated carbocycles. The lowest BCUT2D eigenvalue weighted by molar-refractivity contribution is 0.0739. The van der Waals surface area contributed by atoms with Crippen molar-refractivity contribution in [2.45, 2.75) is 6.61 Å². The van der Waals surface area contributed by atoms with Crippen molar-refractivity contribution < 1.29 is 9.57 Å². The van der Waals surface area contributed by atoms with Crippen LogP contribution in [0.5, 0.6) is 5.75 Å². The van der Waals surface area contributed by atoms with E-state index < -0.39 is 0 Å². The SMILES string of the molecule is COc1ccc(Br)cc1COn1nnc2ccc(Cl)cc21. The molecule has 3 rings (SSSR count). The minimum atomic E-state index is 0.299. The second-order valence-corrected chi connectivity index (χ2v) is 5.68. The first kappa shape index (κ1) is 14.2. The Kier molecular flexibility index (Phi) is 3.98. The molecule has 0 bridgehead atoms. The van der Waals surface area contributed by atoms with Gasteiger partial charge in [0.2, 0.25) is 0 Å². The number of ether oxygens (including phenoxy) is 1. The quantitative estimate of drug-likeness (QED) is 0.707. The highest BCUT2D eigenvalue weighted by molar-refractivity contribution is 9.10. The van der Waals surface area contributed by atoms with Gasteiger partial charge in [0.15, 0.2) is 0 Å². The van der Waals surface area contributed by atoms with E-state index in [-0.39, 0.29) is 0 Å². The van der Waals surface area contributed by atoms with Crippen molar-refractivity contribution in [3.05, 3.63) is 51.5 Å². The number of fused-ring (bicyclic) bond motifs is 1. The van der Waals surface area contributed by atoms with Gasteiger partial charge in [0.1, 0.15) is 23.4 Å². The van der Waals surface area contributed by atoms with Crippen LogP contribution in [-0.4, -0.2) is 22.3 Å². The number of nitrogens with zero attached hydrogens (tertiary/aromatic N) is 3. The van der Waals surface area contributed by atoms with Gasteiger partial charge in [-0.15, -0.1) is 5.10 Å². The Balaban J connectivity index is 1.87. The molecule has 0 N–H and O–H groups in total. The predicted octanol–water partition coefficient (Wildman–Crippen LogP) is 3.48. The highest BCUT2D eigenvalue weighted by atomic mass is 79.9. The Morgan fingerprint density at radius 1 is 1.24 bits per heavy atom. The smallest absolute Gasteiger partial charge is 0.145 e. The molecule has 0 spiro atoms.